The van der Waals surface area contributed by atoms with Crippen LogP contribution in [0.4, 0.5) is 0 Å². The number of morpholine rings is 1. The van der Waals surface area contributed by atoms with Gasteiger partial charge in [0.2, 0.25) is 0 Å². The Morgan fingerprint density at radius 3 is 2.17 bits per heavy atom. The number of hydrogen-bond donors (Lipinski definition) is 1. The van der Waals surface area contributed by atoms with Crippen LogP contribution in [0.1, 0.15) is 58.8 Å². The summed E-state index contributed by atoms with van der Waals surface area (Å²) in [5, 5.41) is 3.67. The zero-order valence-electron chi connectivity index (χ0n) is 11.8. The van der Waals surface area contributed by atoms with Crippen molar-refractivity contribution in [3.05, 3.63) is 0 Å². The third-order valence-corrected chi connectivity index (χ3v) is 4.88. The van der Waals surface area contributed by atoms with Gasteiger partial charge >= 0.3 is 0 Å². The van der Waals surface area contributed by atoms with Gasteiger partial charge in [0, 0.05) is 25.9 Å². The lowest BCUT2D eigenvalue weighted by Crippen LogP contribution is -2.64. The minimum Gasteiger partial charge on any atom is -0.375 e. The summed E-state index contributed by atoms with van der Waals surface area (Å²) in [6.45, 7) is 6.43. The molecule has 1 N–H and O–H groups in total. The van der Waals surface area contributed by atoms with E-state index in [1.165, 1.54) is 32.1 Å². The molecule has 2 heterocycles. The molecule has 0 aromatic heterocycles. The molecule has 3 nitrogen and oxygen atoms in total. The summed E-state index contributed by atoms with van der Waals surface area (Å²) in [6.07, 6.45) is 9.28. The van der Waals surface area contributed by atoms with Crippen LogP contribution < -0.4 is 5.32 Å². The average molecular weight is 253 g/mol. The smallest absolute Gasteiger partial charge is 0.0863 e. The minimum absolute atomic E-state index is 0.0344. The van der Waals surface area contributed by atoms with Gasteiger partial charge < -0.3 is 14.8 Å². The van der Waals surface area contributed by atoms with Gasteiger partial charge in [-0.05, 0) is 26.7 Å². The first-order valence-electron chi connectivity index (χ1n) is 7.68. The Labute approximate surface area is 111 Å². The molecule has 2 atom stereocenters. The molecule has 3 aliphatic rings. The fraction of sp³-hybridized carbons (Fsp3) is 1.00. The fourth-order valence-electron chi connectivity index (χ4n) is 4.38. The third-order valence-electron chi connectivity index (χ3n) is 4.88. The van der Waals surface area contributed by atoms with Crippen molar-refractivity contribution in [2.75, 3.05) is 13.1 Å². The molecule has 0 aromatic rings. The summed E-state index contributed by atoms with van der Waals surface area (Å²) in [6, 6.07) is 0. The predicted octanol–water partition coefficient (Wildman–Crippen LogP) is 2.64. The molecular formula is C15H27NO2. The number of hydrogen-bond acceptors (Lipinski definition) is 3. The monoisotopic (exact) mass is 253 g/mol. The quantitative estimate of drug-likeness (QED) is 0.720. The SMILES string of the molecule is CC1CC2(CNCC3(CCCCC3)O2)CC(C)O1. The number of rotatable bonds is 0. The Balaban J connectivity index is 1.75. The van der Waals surface area contributed by atoms with Crippen LogP contribution >= 0.6 is 0 Å². The Kier molecular flexibility index (Phi) is 3.41. The van der Waals surface area contributed by atoms with E-state index in [2.05, 4.69) is 19.2 Å². The van der Waals surface area contributed by atoms with Crippen LogP contribution in [0, 0.1) is 0 Å². The van der Waals surface area contributed by atoms with E-state index in [4.69, 9.17) is 9.47 Å². The van der Waals surface area contributed by atoms with Gasteiger partial charge in [-0.2, -0.15) is 0 Å². The summed E-state index contributed by atoms with van der Waals surface area (Å²) in [4.78, 5) is 0. The van der Waals surface area contributed by atoms with Gasteiger partial charge in [-0.1, -0.05) is 19.3 Å². The maximum Gasteiger partial charge on any atom is 0.0863 e. The van der Waals surface area contributed by atoms with E-state index in [1.54, 1.807) is 0 Å². The van der Waals surface area contributed by atoms with Crippen molar-refractivity contribution in [1.82, 2.24) is 5.32 Å². The topological polar surface area (TPSA) is 30.5 Å². The Morgan fingerprint density at radius 2 is 1.50 bits per heavy atom. The molecule has 3 rings (SSSR count). The highest BCUT2D eigenvalue weighted by atomic mass is 16.5. The molecule has 0 radical (unpaired) electrons. The molecule has 0 bridgehead atoms. The van der Waals surface area contributed by atoms with E-state index < -0.39 is 0 Å². The van der Waals surface area contributed by atoms with Gasteiger partial charge in [-0.3, -0.25) is 0 Å². The molecule has 3 fully saturated rings. The van der Waals surface area contributed by atoms with E-state index in [1.807, 2.05) is 0 Å². The molecule has 2 spiro atoms. The molecule has 1 aliphatic carbocycles. The zero-order valence-corrected chi connectivity index (χ0v) is 11.8. The van der Waals surface area contributed by atoms with E-state index in [9.17, 15) is 0 Å². The molecule has 104 valence electrons. The van der Waals surface area contributed by atoms with Gasteiger partial charge in [0.05, 0.1) is 23.4 Å². The normalized spacial score (nSPS) is 44.3. The van der Waals surface area contributed by atoms with Gasteiger partial charge in [0.25, 0.3) is 0 Å². The Bertz CT molecular complexity index is 283. The summed E-state index contributed by atoms with van der Waals surface area (Å²) in [5.41, 5.74) is 0.167. The molecule has 2 saturated heterocycles. The molecular weight excluding hydrogens is 226 g/mol. The van der Waals surface area contributed by atoms with Gasteiger partial charge in [0.1, 0.15) is 0 Å². The lowest BCUT2D eigenvalue weighted by Gasteiger charge is -2.53. The summed E-state index contributed by atoms with van der Waals surface area (Å²) in [5.74, 6) is 0. The zero-order chi connectivity index (χ0) is 12.6. The standard InChI is InChI=1S/C15H27NO2/c1-12-8-15(9-13(2)17-12)11-16-10-14(18-15)6-4-3-5-7-14/h12-13,16H,3-11H2,1-2H3. The van der Waals surface area contributed by atoms with Crippen LogP contribution in [0.15, 0.2) is 0 Å². The fourth-order valence-corrected chi connectivity index (χ4v) is 4.38. The van der Waals surface area contributed by atoms with Crippen molar-refractivity contribution in [2.24, 2.45) is 0 Å². The molecule has 1 saturated carbocycles. The Morgan fingerprint density at radius 1 is 0.889 bits per heavy atom. The third kappa shape index (κ3) is 2.45. The van der Waals surface area contributed by atoms with Crippen molar-refractivity contribution in [3.63, 3.8) is 0 Å². The van der Waals surface area contributed by atoms with Crippen LogP contribution in [0.25, 0.3) is 0 Å². The number of ether oxygens (including phenoxy) is 2. The van der Waals surface area contributed by atoms with Gasteiger partial charge in [-0.15, -0.1) is 0 Å². The van der Waals surface area contributed by atoms with Crippen LogP contribution in [-0.4, -0.2) is 36.5 Å². The molecule has 18 heavy (non-hydrogen) atoms. The van der Waals surface area contributed by atoms with Crippen molar-refractivity contribution in [3.8, 4) is 0 Å². The maximum absolute atomic E-state index is 6.74. The maximum atomic E-state index is 6.74. The van der Waals surface area contributed by atoms with Crippen molar-refractivity contribution in [2.45, 2.75) is 82.2 Å². The van der Waals surface area contributed by atoms with Gasteiger partial charge in [-0.25, -0.2) is 0 Å². The van der Waals surface area contributed by atoms with E-state index >= 15 is 0 Å². The van der Waals surface area contributed by atoms with Crippen molar-refractivity contribution in [1.29, 1.82) is 0 Å². The van der Waals surface area contributed by atoms with Gasteiger partial charge in [0.15, 0.2) is 0 Å². The minimum atomic E-state index is 0.0344. The largest absolute Gasteiger partial charge is 0.375 e. The lowest BCUT2D eigenvalue weighted by atomic mass is 9.79. The van der Waals surface area contributed by atoms with Crippen molar-refractivity contribution < 1.29 is 9.47 Å². The summed E-state index contributed by atoms with van der Waals surface area (Å²) in [7, 11) is 0. The van der Waals surface area contributed by atoms with Crippen molar-refractivity contribution >= 4 is 0 Å². The van der Waals surface area contributed by atoms with Crippen LogP contribution in [0.2, 0.25) is 0 Å². The van der Waals surface area contributed by atoms with Crippen LogP contribution in [0.5, 0.6) is 0 Å². The highest BCUT2D eigenvalue weighted by Crippen LogP contribution is 2.42. The van der Waals surface area contributed by atoms with E-state index in [0.29, 0.717) is 12.2 Å². The molecule has 2 unspecified atom stereocenters. The molecule has 2 aliphatic heterocycles. The predicted molar refractivity (Wildman–Crippen MR) is 71.7 cm³/mol. The molecule has 0 aromatic carbocycles. The summed E-state index contributed by atoms with van der Waals surface area (Å²) >= 11 is 0. The van der Waals surface area contributed by atoms with Crippen LogP contribution in [-0.2, 0) is 9.47 Å². The van der Waals surface area contributed by atoms with Crippen LogP contribution in [0.3, 0.4) is 0 Å². The first kappa shape index (κ1) is 12.9. The summed E-state index contributed by atoms with van der Waals surface area (Å²) < 4.78 is 12.6. The average Bonchev–Trinajstić information content (AvgIpc) is 2.27. The molecule has 0 amide bonds. The second-order valence-corrected chi connectivity index (χ2v) is 6.80. The first-order valence-corrected chi connectivity index (χ1v) is 7.68. The second-order valence-electron chi connectivity index (χ2n) is 6.80. The lowest BCUT2D eigenvalue weighted by molar-refractivity contribution is -0.238. The molecule has 3 heteroatoms. The highest BCUT2D eigenvalue weighted by molar-refractivity contribution is 5.01. The van der Waals surface area contributed by atoms with E-state index in [-0.39, 0.29) is 11.2 Å². The second kappa shape index (κ2) is 4.77. The first-order chi connectivity index (χ1) is 8.62. The highest BCUT2D eigenvalue weighted by Gasteiger charge is 2.49. The number of nitrogens with one attached hydrogen (secondary N) is 1. The van der Waals surface area contributed by atoms with E-state index in [0.717, 1.165) is 25.9 Å². The Hall–Kier alpha value is -0.120.